The van der Waals surface area contributed by atoms with E-state index in [9.17, 15) is 4.79 Å². The Morgan fingerprint density at radius 2 is 2.24 bits per heavy atom. The predicted molar refractivity (Wildman–Crippen MR) is 78.4 cm³/mol. The minimum Gasteiger partial charge on any atom is -0.383 e. The van der Waals surface area contributed by atoms with Crippen molar-refractivity contribution in [2.24, 2.45) is 0 Å². The van der Waals surface area contributed by atoms with E-state index >= 15 is 0 Å². The molecule has 1 saturated heterocycles. The number of morpholine rings is 1. The molecule has 1 aromatic rings. The highest BCUT2D eigenvalue weighted by Gasteiger charge is 2.10. The van der Waals surface area contributed by atoms with Gasteiger partial charge in [-0.2, -0.15) is 5.10 Å². The topological polar surface area (TPSA) is 80.7 Å². The summed E-state index contributed by atoms with van der Waals surface area (Å²) in [6.45, 7) is 6.08. The number of amides is 2. The number of aromatic nitrogens is 2. The molecule has 2 N–H and O–H groups in total. The predicted octanol–water partition coefficient (Wildman–Crippen LogP) is -0.0168. The second-order valence-corrected chi connectivity index (χ2v) is 4.79. The molecule has 1 aliphatic rings. The summed E-state index contributed by atoms with van der Waals surface area (Å²) < 4.78 is 12.0. The van der Waals surface area contributed by atoms with Gasteiger partial charge in [0.2, 0.25) is 0 Å². The normalized spacial score (nSPS) is 15.9. The number of hydrogen-bond donors (Lipinski definition) is 2. The van der Waals surface area contributed by atoms with Gasteiger partial charge in [0.05, 0.1) is 26.4 Å². The molecule has 8 heteroatoms. The van der Waals surface area contributed by atoms with Crippen molar-refractivity contribution in [2.75, 3.05) is 58.4 Å². The molecular formula is C13H23N5O3. The lowest BCUT2D eigenvalue weighted by Gasteiger charge is -2.26. The number of carbonyl (C=O) groups excluding carboxylic acids is 1. The molecule has 2 rings (SSSR count). The van der Waals surface area contributed by atoms with E-state index in [2.05, 4.69) is 20.6 Å². The fraction of sp³-hybridized carbons (Fsp3) is 0.692. The van der Waals surface area contributed by atoms with Gasteiger partial charge in [0.25, 0.3) is 0 Å². The van der Waals surface area contributed by atoms with Crippen LogP contribution in [-0.4, -0.2) is 73.8 Å². The Bertz CT molecular complexity index is 431. The van der Waals surface area contributed by atoms with Gasteiger partial charge in [-0.1, -0.05) is 0 Å². The first-order chi connectivity index (χ1) is 10.3. The number of rotatable bonds is 7. The SMILES string of the molecule is COCCn1ccc(NC(=O)NCCN2CCOCC2)n1. The van der Waals surface area contributed by atoms with Crippen molar-refractivity contribution >= 4 is 11.8 Å². The van der Waals surface area contributed by atoms with Crippen LogP contribution in [0.25, 0.3) is 0 Å². The van der Waals surface area contributed by atoms with Gasteiger partial charge in [0, 0.05) is 45.6 Å². The third-order valence-electron chi connectivity index (χ3n) is 3.22. The molecule has 21 heavy (non-hydrogen) atoms. The Morgan fingerprint density at radius 3 is 3.00 bits per heavy atom. The minimum absolute atomic E-state index is 0.236. The molecule has 0 aliphatic carbocycles. The number of methoxy groups -OCH3 is 1. The monoisotopic (exact) mass is 297 g/mol. The van der Waals surface area contributed by atoms with Crippen molar-refractivity contribution in [2.45, 2.75) is 6.54 Å². The van der Waals surface area contributed by atoms with Crippen LogP contribution < -0.4 is 10.6 Å². The number of hydrogen-bond acceptors (Lipinski definition) is 5. The van der Waals surface area contributed by atoms with Crippen molar-refractivity contribution in [1.29, 1.82) is 0 Å². The van der Waals surface area contributed by atoms with Crippen LogP contribution in [0.5, 0.6) is 0 Å². The summed E-state index contributed by atoms with van der Waals surface area (Å²) in [5.41, 5.74) is 0. The van der Waals surface area contributed by atoms with E-state index in [1.807, 2.05) is 6.20 Å². The van der Waals surface area contributed by atoms with Crippen molar-refractivity contribution in [3.63, 3.8) is 0 Å². The standard InChI is InChI=1S/C13H23N5O3/c1-20-9-8-18-4-2-12(16-18)15-13(19)14-3-5-17-6-10-21-11-7-17/h2,4H,3,5-11H2,1H3,(H2,14,15,16,19). The first kappa shape index (κ1) is 15.7. The molecule has 0 aromatic carbocycles. The van der Waals surface area contributed by atoms with Gasteiger partial charge >= 0.3 is 6.03 Å². The van der Waals surface area contributed by atoms with Crippen LogP contribution >= 0.6 is 0 Å². The molecule has 118 valence electrons. The molecule has 0 unspecified atom stereocenters. The number of anilines is 1. The highest BCUT2D eigenvalue weighted by atomic mass is 16.5. The molecular weight excluding hydrogens is 274 g/mol. The highest BCUT2D eigenvalue weighted by Crippen LogP contribution is 2.02. The van der Waals surface area contributed by atoms with Crippen molar-refractivity contribution in [1.82, 2.24) is 20.0 Å². The zero-order chi connectivity index (χ0) is 14.9. The number of nitrogens with zero attached hydrogens (tertiary/aromatic N) is 3. The average Bonchev–Trinajstić information content (AvgIpc) is 2.93. The highest BCUT2D eigenvalue weighted by molar-refractivity contribution is 5.88. The third-order valence-corrected chi connectivity index (χ3v) is 3.22. The number of nitrogens with one attached hydrogen (secondary N) is 2. The van der Waals surface area contributed by atoms with E-state index in [0.717, 1.165) is 32.8 Å². The first-order valence-electron chi connectivity index (χ1n) is 7.15. The maximum absolute atomic E-state index is 11.7. The van der Waals surface area contributed by atoms with E-state index in [4.69, 9.17) is 9.47 Å². The Hall–Kier alpha value is -1.64. The minimum atomic E-state index is -0.236. The van der Waals surface area contributed by atoms with Gasteiger partial charge in [-0.15, -0.1) is 0 Å². The lowest BCUT2D eigenvalue weighted by atomic mass is 10.4. The summed E-state index contributed by atoms with van der Waals surface area (Å²) in [5, 5.41) is 9.76. The molecule has 2 heterocycles. The second kappa shape index (κ2) is 8.60. The van der Waals surface area contributed by atoms with Crippen LogP contribution in [0.1, 0.15) is 0 Å². The maximum atomic E-state index is 11.7. The summed E-state index contributed by atoms with van der Waals surface area (Å²) in [6, 6.07) is 1.53. The van der Waals surface area contributed by atoms with E-state index in [0.29, 0.717) is 25.5 Å². The summed E-state index contributed by atoms with van der Waals surface area (Å²) in [7, 11) is 1.64. The number of carbonyl (C=O) groups is 1. The lowest BCUT2D eigenvalue weighted by molar-refractivity contribution is 0.0388. The Morgan fingerprint density at radius 1 is 1.43 bits per heavy atom. The van der Waals surface area contributed by atoms with Crippen LogP contribution in [-0.2, 0) is 16.0 Å². The largest absolute Gasteiger partial charge is 0.383 e. The first-order valence-corrected chi connectivity index (χ1v) is 7.15. The lowest BCUT2D eigenvalue weighted by Crippen LogP contribution is -2.42. The van der Waals surface area contributed by atoms with Gasteiger partial charge in [0.15, 0.2) is 5.82 Å². The maximum Gasteiger partial charge on any atom is 0.320 e. The van der Waals surface area contributed by atoms with Gasteiger partial charge < -0.3 is 14.8 Å². The molecule has 0 saturated carbocycles. The zero-order valence-electron chi connectivity index (χ0n) is 12.4. The summed E-state index contributed by atoms with van der Waals surface area (Å²) in [4.78, 5) is 14.0. The van der Waals surface area contributed by atoms with Gasteiger partial charge in [-0.3, -0.25) is 14.9 Å². The molecule has 2 amide bonds. The van der Waals surface area contributed by atoms with E-state index < -0.39 is 0 Å². The average molecular weight is 297 g/mol. The zero-order valence-corrected chi connectivity index (χ0v) is 12.4. The molecule has 8 nitrogen and oxygen atoms in total. The van der Waals surface area contributed by atoms with Crippen molar-refractivity contribution < 1.29 is 14.3 Å². The Balaban J connectivity index is 1.63. The third kappa shape index (κ3) is 5.70. The summed E-state index contributed by atoms with van der Waals surface area (Å²) in [6.07, 6.45) is 1.81. The fourth-order valence-corrected chi connectivity index (χ4v) is 2.05. The van der Waals surface area contributed by atoms with Crippen LogP contribution in [0.4, 0.5) is 10.6 Å². The van der Waals surface area contributed by atoms with Crippen molar-refractivity contribution in [3.05, 3.63) is 12.3 Å². The second-order valence-electron chi connectivity index (χ2n) is 4.79. The van der Waals surface area contributed by atoms with Gasteiger partial charge in [-0.05, 0) is 0 Å². The molecule has 1 aromatic heterocycles. The number of urea groups is 1. The van der Waals surface area contributed by atoms with E-state index in [1.54, 1.807) is 17.9 Å². The molecule has 0 spiro atoms. The Labute approximate surface area is 124 Å². The van der Waals surface area contributed by atoms with E-state index in [-0.39, 0.29) is 6.03 Å². The van der Waals surface area contributed by atoms with Crippen LogP contribution in [0.3, 0.4) is 0 Å². The van der Waals surface area contributed by atoms with Crippen LogP contribution in [0.15, 0.2) is 12.3 Å². The quantitative estimate of drug-likeness (QED) is 0.739. The summed E-state index contributed by atoms with van der Waals surface area (Å²) in [5.74, 6) is 0.537. The molecule has 0 radical (unpaired) electrons. The van der Waals surface area contributed by atoms with Crippen LogP contribution in [0, 0.1) is 0 Å². The van der Waals surface area contributed by atoms with Crippen molar-refractivity contribution in [3.8, 4) is 0 Å². The van der Waals surface area contributed by atoms with Gasteiger partial charge in [0.1, 0.15) is 0 Å². The number of ether oxygens (including phenoxy) is 2. The van der Waals surface area contributed by atoms with E-state index in [1.165, 1.54) is 0 Å². The van der Waals surface area contributed by atoms with Gasteiger partial charge in [-0.25, -0.2) is 4.79 Å². The molecule has 1 aliphatic heterocycles. The molecule has 0 bridgehead atoms. The molecule has 0 atom stereocenters. The summed E-state index contributed by atoms with van der Waals surface area (Å²) >= 11 is 0. The smallest absolute Gasteiger partial charge is 0.320 e. The Kier molecular flexibility index (Phi) is 6.45. The fourth-order valence-electron chi connectivity index (χ4n) is 2.05. The molecule has 1 fully saturated rings. The van der Waals surface area contributed by atoms with Crippen LogP contribution in [0.2, 0.25) is 0 Å².